The van der Waals surface area contributed by atoms with Crippen molar-refractivity contribution < 1.29 is 13.5 Å². The zero-order valence-corrected chi connectivity index (χ0v) is 7.26. The molecule has 0 radical (unpaired) electrons. The van der Waals surface area contributed by atoms with E-state index in [4.69, 9.17) is 5.73 Å². The second-order valence-electron chi connectivity index (χ2n) is 3.25. The number of aliphatic hydroxyl groups is 1. The van der Waals surface area contributed by atoms with Gasteiger partial charge in [-0.3, -0.25) is 0 Å². The predicted octanol–water partition coefficient (Wildman–Crippen LogP) is -1.12. The largest absolute Gasteiger partial charge is 0.387 e. The predicted molar refractivity (Wildman–Crippen MR) is 41.9 cm³/mol. The minimum atomic E-state index is -3.07. The van der Waals surface area contributed by atoms with Crippen LogP contribution in [-0.2, 0) is 9.84 Å². The average molecular weight is 179 g/mol. The molecule has 0 aromatic rings. The molecule has 1 aliphatic rings. The Labute approximate surface area is 66.3 Å². The molecule has 0 spiro atoms. The van der Waals surface area contributed by atoms with Crippen molar-refractivity contribution in [2.75, 3.05) is 12.3 Å². The second-order valence-corrected chi connectivity index (χ2v) is 5.67. The van der Waals surface area contributed by atoms with Crippen molar-refractivity contribution in [3.63, 3.8) is 0 Å². The highest BCUT2D eigenvalue weighted by atomic mass is 32.2. The fraction of sp³-hybridized carbons (Fsp3) is 1.00. The normalized spacial score (nSPS) is 42.6. The van der Waals surface area contributed by atoms with E-state index in [0.29, 0.717) is 0 Å². The van der Waals surface area contributed by atoms with Gasteiger partial charge in [-0.2, -0.15) is 0 Å². The van der Waals surface area contributed by atoms with Crippen LogP contribution >= 0.6 is 0 Å². The molecule has 0 amide bonds. The van der Waals surface area contributed by atoms with Gasteiger partial charge in [-0.1, -0.05) is 0 Å². The molecule has 2 atom stereocenters. The van der Waals surface area contributed by atoms with Gasteiger partial charge in [0.15, 0.2) is 9.84 Å². The maximum absolute atomic E-state index is 11.1. The van der Waals surface area contributed by atoms with Crippen LogP contribution in [0.2, 0.25) is 0 Å². The van der Waals surface area contributed by atoms with Gasteiger partial charge in [0, 0.05) is 6.54 Å². The fourth-order valence-electron chi connectivity index (χ4n) is 1.38. The van der Waals surface area contributed by atoms with Gasteiger partial charge in [-0.15, -0.1) is 0 Å². The third kappa shape index (κ3) is 1.55. The Balaban J connectivity index is 2.88. The highest BCUT2D eigenvalue weighted by Crippen LogP contribution is 2.28. The lowest BCUT2D eigenvalue weighted by atomic mass is 10.0. The molecule has 1 aliphatic heterocycles. The molecule has 0 saturated carbocycles. The molecule has 1 saturated heterocycles. The molecule has 0 bridgehead atoms. The maximum atomic E-state index is 11.1. The quantitative estimate of drug-likeness (QED) is 0.534. The molecule has 1 heterocycles. The molecule has 66 valence electrons. The maximum Gasteiger partial charge on any atom is 0.155 e. The smallest absolute Gasteiger partial charge is 0.155 e. The molecule has 4 nitrogen and oxygen atoms in total. The molecule has 11 heavy (non-hydrogen) atoms. The molecule has 5 heteroatoms. The summed E-state index contributed by atoms with van der Waals surface area (Å²) < 4.78 is 22.2. The number of sulfone groups is 1. The summed E-state index contributed by atoms with van der Waals surface area (Å²) in [7, 11) is -3.07. The molecule has 1 fully saturated rings. The van der Waals surface area contributed by atoms with Gasteiger partial charge < -0.3 is 10.8 Å². The van der Waals surface area contributed by atoms with Crippen LogP contribution in [0.3, 0.4) is 0 Å². The zero-order chi connectivity index (χ0) is 8.70. The molecule has 2 unspecified atom stereocenters. The van der Waals surface area contributed by atoms with Crippen LogP contribution in [0.25, 0.3) is 0 Å². The summed E-state index contributed by atoms with van der Waals surface area (Å²) in [4.78, 5) is 0. The van der Waals surface area contributed by atoms with Crippen LogP contribution in [0.1, 0.15) is 13.3 Å². The third-order valence-electron chi connectivity index (χ3n) is 2.13. The van der Waals surface area contributed by atoms with Crippen molar-refractivity contribution in [3.05, 3.63) is 0 Å². The first-order valence-corrected chi connectivity index (χ1v) is 5.25. The van der Waals surface area contributed by atoms with E-state index in [1.54, 1.807) is 6.92 Å². The lowest BCUT2D eigenvalue weighted by Gasteiger charge is -2.16. The summed E-state index contributed by atoms with van der Waals surface area (Å²) in [6.45, 7) is 1.62. The van der Waals surface area contributed by atoms with Gasteiger partial charge in [-0.25, -0.2) is 8.42 Å². The van der Waals surface area contributed by atoms with E-state index in [1.807, 2.05) is 0 Å². The SMILES string of the molecule is CC1CC(O)(CN)CS1(=O)=O. The minimum Gasteiger partial charge on any atom is -0.387 e. The summed E-state index contributed by atoms with van der Waals surface area (Å²) in [6, 6.07) is 0. The molecule has 3 N–H and O–H groups in total. The first-order valence-electron chi connectivity index (χ1n) is 3.54. The number of hydrogen-bond acceptors (Lipinski definition) is 4. The highest BCUT2D eigenvalue weighted by Gasteiger charge is 2.44. The summed E-state index contributed by atoms with van der Waals surface area (Å²) in [5.74, 6) is -0.183. The van der Waals surface area contributed by atoms with Gasteiger partial charge in [0.1, 0.15) is 0 Å². The molecule has 1 rings (SSSR count). The van der Waals surface area contributed by atoms with E-state index in [9.17, 15) is 13.5 Å². The number of hydrogen-bond donors (Lipinski definition) is 2. The monoisotopic (exact) mass is 179 g/mol. The van der Waals surface area contributed by atoms with Gasteiger partial charge >= 0.3 is 0 Å². The summed E-state index contributed by atoms with van der Waals surface area (Å²) >= 11 is 0. The van der Waals surface area contributed by atoms with Crippen LogP contribution in [0.5, 0.6) is 0 Å². The zero-order valence-electron chi connectivity index (χ0n) is 6.45. The molecule has 0 aromatic heterocycles. The molecule has 0 aliphatic carbocycles. The Morgan fingerprint density at radius 3 is 2.45 bits per heavy atom. The third-order valence-corrected chi connectivity index (χ3v) is 4.46. The molecular weight excluding hydrogens is 166 g/mol. The first-order chi connectivity index (χ1) is 4.90. The lowest BCUT2D eigenvalue weighted by molar-refractivity contribution is 0.0727. The van der Waals surface area contributed by atoms with Crippen molar-refractivity contribution >= 4 is 9.84 Å². The van der Waals surface area contributed by atoms with Crippen molar-refractivity contribution in [1.29, 1.82) is 0 Å². The van der Waals surface area contributed by atoms with E-state index in [0.717, 1.165) is 0 Å². The standard InChI is InChI=1S/C6H13NO3S/c1-5-2-6(8,3-7)4-11(5,9)10/h5,8H,2-4,7H2,1H3. The summed E-state index contributed by atoms with van der Waals surface area (Å²) in [5.41, 5.74) is 4.07. The minimum absolute atomic E-state index is 0.0244. The van der Waals surface area contributed by atoms with Crippen molar-refractivity contribution in [3.8, 4) is 0 Å². The fourth-order valence-corrected chi connectivity index (χ4v) is 3.21. The Kier molecular flexibility index (Phi) is 1.98. The molecular formula is C6H13NO3S. The van der Waals surface area contributed by atoms with Gasteiger partial charge in [0.25, 0.3) is 0 Å². The van der Waals surface area contributed by atoms with Crippen molar-refractivity contribution in [2.24, 2.45) is 5.73 Å². The Morgan fingerprint density at radius 1 is 1.73 bits per heavy atom. The first kappa shape index (κ1) is 8.96. The van der Waals surface area contributed by atoms with Gasteiger partial charge in [-0.05, 0) is 13.3 Å². The highest BCUT2D eigenvalue weighted by molar-refractivity contribution is 7.92. The van der Waals surface area contributed by atoms with E-state index in [-0.39, 0.29) is 18.7 Å². The second kappa shape index (κ2) is 2.43. The Morgan fingerprint density at radius 2 is 2.27 bits per heavy atom. The summed E-state index contributed by atoms with van der Waals surface area (Å²) in [6.07, 6.45) is 0.270. The van der Waals surface area contributed by atoms with E-state index in [1.165, 1.54) is 0 Å². The van der Waals surface area contributed by atoms with Crippen molar-refractivity contribution in [1.82, 2.24) is 0 Å². The Hall–Kier alpha value is -0.130. The Bertz CT molecular complexity index is 249. The van der Waals surface area contributed by atoms with Crippen molar-refractivity contribution in [2.45, 2.75) is 24.2 Å². The van der Waals surface area contributed by atoms with Crippen LogP contribution in [0, 0.1) is 0 Å². The summed E-state index contributed by atoms with van der Waals surface area (Å²) in [5, 5.41) is 9.05. The van der Waals surface area contributed by atoms with E-state index in [2.05, 4.69) is 0 Å². The topological polar surface area (TPSA) is 80.4 Å². The average Bonchev–Trinajstić information content (AvgIpc) is 2.04. The number of rotatable bonds is 1. The van der Waals surface area contributed by atoms with Crippen LogP contribution in [0.15, 0.2) is 0 Å². The van der Waals surface area contributed by atoms with Crippen LogP contribution < -0.4 is 5.73 Å². The van der Waals surface area contributed by atoms with Crippen LogP contribution in [-0.4, -0.2) is 36.7 Å². The molecule has 0 aromatic carbocycles. The van der Waals surface area contributed by atoms with E-state index < -0.39 is 20.7 Å². The van der Waals surface area contributed by atoms with E-state index >= 15 is 0 Å². The van der Waals surface area contributed by atoms with Gasteiger partial charge in [0.2, 0.25) is 0 Å². The van der Waals surface area contributed by atoms with Crippen LogP contribution in [0.4, 0.5) is 0 Å². The number of nitrogens with two attached hydrogens (primary N) is 1. The van der Waals surface area contributed by atoms with Gasteiger partial charge in [0.05, 0.1) is 16.6 Å². The lowest BCUT2D eigenvalue weighted by Crippen LogP contribution is -2.38.